The molecule has 0 aliphatic heterocycles. The van der Waals surface area contributed by atoms with Gasteiger partial charge in [-0.1, -0.05) is 54.1 Å². The zero-order chi connectivity index (χ0) is 18.3. The lowest BCUT2D eigenvalue weighted by Gasteiger charge is -2.12. The van der Waals surface area contributed by atoms with Gasteiger partial charge in [0.05, 0.1) is 11.9 Å². The number of halogens is 4. The van der Waals surface area contributed by atoms with Gasteiger partial charge in [0.15, 0.2) is 11.3 Å². The van der Waals surface area contributed by atoms with Crippen LogP contribution in [-0.4, -0.2) is 14.6 Å². The summed E-state index contributed by atoms with van der Waals surface area (Å²) in [5.41, 5.74) is 1.30. The summed E-state index contributed by atoms with van der Waals surface area (Å²) in [6.45, 7) is 0. The zero-order valence-electron chi connectivity index (χ0n) is 13.2. The molecule has 7 heteroatoms. The van der Waals surface area contributed by atoms with E-state index in [4.69, 9.17) is 11.6 Å². The molecule has 3 nitrogen and oxygen atoms in total. The first-order chi connectivity index (χ1) is 12.4. The number of benzene rings is 2. The van der Waals surface area contributed by atoms with Crippen LogP contribution in [0.3, 0.4) is 0 Å². The molecule has 2 heterocycles. The van der Waals surface area contributed by atoms with Crippen LogP contribution in [0.25, 0.3) is 28.0 Å². The molecule has 0 saturated carbocycles. The van der Waals surface area contributed by atoms with Crippen molar-refractivity contribution in [2.45, 2.75) is 6.18 Å². The third-order valence-electron chi connectivity index (χ3n) is 3.99. The van der Waals surface area contributed by atoms with E-state index in [9.17, 15) is 13.2 Å². The van der Waals surface area contributed by atoms with Gasteiger partial charge in [0.2, 0.25) is 0 Å². The van der Waals surface area contributed by atoms with Crippen LogP contribution in [0.2, 0.25) is 5.02 Å². The molecule has 0 aliphatic rings. The maximum atomic E-state index is 13.6. The minimum absolute atomic E-state index is 0.149. The Morgan fingerprint density at radius 2 is 1.58 bits per heavy atom. The second-order valence-electron chi connectivity index (χ2n) is 5.69. The quantitative estimate of drug-likeness (QED) is 0.449. The highest BCUT2D eigenvalue weighted by atomic mass is 35.5. The van der Waals surface area contributed by atoms with Crippen molar-refractivity contribution in [3.63, 3.8) is 0 Å². The molecular weight excluding hydrogens is 363 g/mol. The SMILES string of the molecule is FC(F)(F)c1cc(-c2ccc(Cl)cc2)nc2c(-c3ccccc3)cnn12. The van der Waals surface area contributed by atoms with Gasteiger partial charge in [0.25, 0.3) is 0 Å². The molecule has 0 amide bonds. The fraction of sp³-hybridized carbons (Fsp3) is 0.0526. The van der Waals surface area contributed by atoms with Crippen LogP contribution in [0.5, 0.6) is 0 Å². The van der Waals surface area contributed by atoms with Crippen LogP contribution in [0.1, 0.15) is 5.69 Å². The molecule has 2 aromatic carbocycles. The summed E-state index contributed by atoms with van der Waals surface area (Å²) in [4.78, 5) is 4.44. The van der Waals surface area contributed by atoms with Crippen molar-refractivity contribution in [1.82, 2.24) is 14.6 Å². The van der Waals surface area contributed by atoms with E-state index in [0.717, 1.165) is 16.1 Å². The Labute approximate surface area is 151 Å². The Hall–Kier alpha value is -2.86. The zero-order valence-corrected chi connectivity index (χ0v) is 14.0. The highest BCUT2D eigenvalue weighted by Gasteiger charge is 2.35. The smallest absolute Gasteiger partial charge is 0.228 e. The average molecular weight is 374 g/mol. The Balaban J connectivity index is 2.01. The summed E-state index contributed by atoms with van der Waals surface area (Å²) in [6, 6.07) is 16.6. The van der Waals surface area contributed by atoms with E-state index < -0.39 is 11.9 Å². The first-order valence-electron chi connectivity index (χ1n) is 7.71. The minimum Gasteiger partial charge on any atom is -0.228 e. The molecule has 0 atom stereocenters. The average Bonchev–Trinajstić information content (AvgIpc) is 3.05. The van der Waals surface area contributed by atoms with Crippen LogP contribution in [0.4, 0.5) is 13.2 Å². The molecule has 0 bridgehead atoms. The molecule has 4 aromatic rings. The number of fused-ring (bicyclic) bond motifs is 1. The van der Waals surface area contributed by atoms with Gasteiger partial charge < -0.3 is 0 Å². The third kappa shape index (κ3) is 2.93. The van der Waals surface area contributed by atoms with Crippen molar-refractivity contribution in [2.24, 2.45) is 0 Å². The normalized spacial score (nSPS) is 11.8. The maximum absolute atomic E-state index is 13.6. The van der Waals surface area contributed by atoms with E-state index in [1.54, 1.807) is 36.4 Å². The van der Waals surface area contributed by atoms with Gasteiger partial charge in [-0.15, -0.1) is 0 Å². The number of nitrogens with zero attached hydrogens (tertiary/aromatic N) is 3. The molecule has 0 N–H and O–H groups in total. The Morgan fingerprint density at radius 3 is 2.23 bits per heavy atom. The predicted octanol–water partition coefficient (Wildman–Crippen LogP) is 5.74. The first kappa shape index (κ1) is 16.6. The highest BCUT2D eigenvalue weighted by molar-refractivity contribution is 6.30. The van der Waals surface area contributed by atoms with Gasteiger partial charge in [-0.25, -0.2) is 9.50 Å². The molecular formula is C19H11ClF3N3. The van der Waals surface area contributed by atoms with Gasteiger partial charge >= 0.3 is 6.18 Å². The van der Waals surface area contributed by atoms with Crippen molar-refractivity contribution in [1.29, 1.82) is 0 Å². The highest BCUT2D eigenvalue weighted by Crippen LogP contribution is 2.34. The number of hydrogen-bond donors (Lipinski definition) is 0. The number of hydrogen-bond acceptors (Lipinski definition) is 2. The van der Waals surface area contributed by atoms with E-state index in [0.29, 0.717) is 16.1 Å². The van der Waals surface area contributed by atoms with Crippen LogP contribution in [0.15, 0.2) is 66.9 Å². The summed E-state index contributed by atoms with van der Waals surface area (Å²) < 4.78 is 41.6. The Bertz CT molecular complexity index is 1070. The molecule has 2 aromatic heterocycles. The van der Waals surface area contributed by atoms with Crippen molar-refractivity contribution in [2.75, 3.05) is 0 Å². The molecule has 0 aliphatic carbocycles. The number of rotatable bonds is 2. The monoisotopic (exact) mass is 373 g/mol. The molecule has 0 spiro atoms. The van der Waals surface area contributed by atoms with E-state index in [1.165, 1.54) is 6.20 Å². The third-order valence-corrected chi connectivity index (χ3v) is 4.24. The van der Waals surface area contributed by atoms with Crippen LogP contribution < -0.4 is 0 Å². The molecule has 26 heavy (non-hydrogen) atoms. The minimum atomic E-state index is -4.57. The van der Waals surface area contributed by atoms with Crippen molar-refractivity contribution in [3.8, 4) is 22.4 Å². The molecule has 0 saturated heterocycles. The van der Waals surface area contributed by atoms with Gasteiger partial charge in [0, 0.05) is 16.1 Å². The second-order valence-corrected chi connectivity index (χ2v) is 6.13. The standard InChI is InChI=1S/C19H11ClF3N3/c20-14-8-6-13(7-9-14)16-10-17(19(21,22)23)26-18(25-16)15(11-24-26)12-4-2-1-3-5-12/h1-11H. The summed E-state index contributed by atoms with van der Waals surface area (Å²) in [6.07, 6.45) is -3.17. The topological polar surface area (TPSA) is 30.2 Å². The summed E-state index contributed by atoms with van der Waals surface area (Å²) in [5.74, 6) is 0. The van der Waals surface area contributed by atoms with Crippen LogP contribution >= 0.6 is 11.6 Å². The van der Waals surface area contributed by atoms with Crippen molar-refractivity contribution in [3.05, 3.63) is 77.6 Å². The lowest BCUT2D eigenvalue weighted by molar-refractivity contribution is -0.142. The second kappa shape index (κ2) is 6.14. The maximum Gasteiger partial charge on any atom is 0.433 e. The van der Waals surface area contributed by atoms with Crippen LogP contribution in [0, 0.1) is 0 Å². The fourth-order valence-electron chi connectivity index (χ4n) is 2.75. The van der Waals surface area contributed by atoms with Crippen molar-refractivity contribution < 1.29 is 13.2 Å². The summed E-state index contributed by atoms with van der Waals surface area (Å²) in [5, 5.41) is 4.42. The number of alkyl halides is 3. The summed E-state index contributed by atoms with van der Waals surface area (Å²) >= 11 is 5.87. The molecule has 0 fully saturated rings. The van der Waals surface area contributed by atoms with Gasteiger partial charge in [-0.2, -0.15) is 18.3 Å². The van der Waals surface area contributed by atoms with E-state index in [1.807, 2.05) is 18.2 Å². The molecule has 0 unspecified atom stereocenters. The molecule has 0 radical (unpaired) electrons. The summed E-state index contributed by atoms with van der Waals surface area (Å²) in [7, 11) is 0. The van der Waals surface area contributed by atoms with E-state index in [2.05, 4.69) is 10.1 Å². The van der Waals surface area contributed by atoms with E-state index >= 15 is 0 Å². The lowest BCUT2D eigenvalue weighted by atomic mass is 10.1. The lowest BCUT2D eigenvalue weighted by Crippen LogP contribution is -2.13. The largest absolute Gasteiger partial charge is 0.433 e. The van der Waals surface area contributed by atoms with Crippen LogP contribution in [-0.2, 0) is 6.18 Å². The fourth-order valence-corrected chi connectivity index (χ4v) is 2.88. The Kier molecular flexibility index (Phi) is 3.92. The van der Waals surface area contributed by atoms with Gasteiger partial charge in [0.1, 0.15) is 0 Å². The predicted molar refractivity (Wildman–Crippen MR) is 93.9 cm³/mol. The first-order valence-corrected chi connectivity index (χ1v) is 8.08. The molecule has 130 valence electrons. The Morgan fingerprint density at radius 1 is 0.885 bits per heavy atom. The molecule has 4 rings (SSSR count). The van der Waals surface area contributed by atoms with E-state index in [-0.39, 0.29) is 11.3 Å². The van der Waals surface area contributed by atoms with Crippen molar-refractivity contribution >= 4 is 17.2 Å². The van der Waals surface area contributed by atoms with Gasteiger partial charge in [-0.3, -0.25) is 0 Å². The number of aromatic nitrogens is 3. The van der Waals surface area contributed by atoms with Gasteiger partial charge in [-0.05, 0) is 23.8 Å².